The van der Waals surface area contributed by atoms with Crippen LogP contribution in [0.1, 0.15) is 25.5 Å². The first-order valence-electron chi connectivity index (χ1n) is 5.69. The fourth-order valence-electron chi connectivity index (χ4n) is 2.06. The first-order valence-corrected chi connectivity index (χ1v) is 5.69. The molecule has 1 fully saturated rings. The van der Waals surface area contributed by atoms with E-state index in [1.54, 1.807) is 11.6 Å². The minimum Gasteiger partial charge on any atom is -0.393 e. The molecule has 0 bridgehead atoms. The summed E-state index contributed by atoms with van der Waals surface area (Å²) < 4.78 is 1.60. The van der Waals surface area contributed by atoms with Crippen molar-refractivity contribution in [2.24, 2.45) is 0 Å². The zero-order valence-electron chi connectivity index (χ0n) is 9.88. The molecular weight excluding hydrogens is 224 g/mol. The molecule has 1 aliphatic rings. The number of nitrogens with zero attached hydrogens (tertiary/aromatic N) is 3. The van der Waals surface area contributed by atoms with Crippen LogP contribution in [-0.2, 0) is 6.54 Å². The number of rotatable bonds is 4. The Morgan fingerprint density at radius 1 is 1.65 bits per heavy atom. The molecule has 2 rings (SSSR count). The van der Waals surface area contributed by atoms with E-state index in [9.17, 15) is 15.2 Å². The van der Waals surface area contributed by atoms with Crippen molar-refractivity contribution in [1.82, 2.24) is 9.78 Å². The van der Waals surface area contributed by atoms with Gasteiger partial charge in [0.15, 0.2) is 0 Å². The van der Waals surface area contributed by atoms with Crippen molar-refractivity contribution in [2.75, 3.05) is 5.32 Å². The summed E-state index contributed by atoms with van der Waals surface area (Å²) in [4.78, 5) is 10.6. The number of anilines is 1. The van der Waals surface area contributed by atoms with Crippen molar-refractivity contribution >= 4 is 11.5 Å². The lowest BCUT2D eigenvalue weighted by Gasteiger charge is -2.32. The number of aliphatic hydroxyl groups excluding tert-OH is 1. The summed E-state index contributed by atoms with van der Waals surface area (Å²) in [5.41, 5.74) is 0.451. The van der Waals surface area contributed by atoms with Crippen LogP contribution in [0.2, 0.25) is 0 Å². The van der Waals surface area contributed by atoms with E-state index in [2.05, 4.69) is 10.4 Å². The maximum Gasteiger partial charge on any atom is 0.333 e. The average molecular weight is 240 g/mol. The molecular formula is C10H16N4O3. The zero-order valence-corrected chi connectivity index (χ0v) is 9.88. The van der Waals surface area contributed by atoms with Crippen LogP contribution in [0.3, 0.4) is 0 Å². The fourth-order valence-corrected chi connectivity index (χ4v) is 2.06. The highest BCUT2D eigenvalue weighted by Gasteiger charge is 2.32. The second-order valence-corrected chi connectivity index (χ2v) is 4.32. The second kappa shape index (κ2) is 4.33. The Morgan fingerprint density at radius 2 is 2.29 bits per heavy atom. The lowest BCUT2D eigenvalue weighted by Crippen LogP contribution is -2.39. The van der Waals surface area contributed by atoms with E-state index in [0.29, 0.717) is 30.9 Å². The zero-order chi connectivity index (χ0) is 12.6. The summed E-state index contributed by atoms with van der Waals surface area (Å²) in [6.45, 7) is 4.09. The Balaban J connectivity index is 2.26. The van der Waals surface area contributed by atoms with Crippen LogP contribution in [0.5, 0.6) is 0 Å². The highest BCUT2D eigenvalue weighted by molar-refractivity contribution is 5.60. The van der Waals surface area contributed by atoms with E-state index in [0.717, 1.165) is 0 Å². The van der Waals surface area contributed by atoms with Gasteiger partial charge in [-0.1, -0.05) is 0 Å². The minimum atomic E-state index is -0.411. The topological polar surface area (TPSA) is 93.2 Å². The van der Waals surface area contributed by atoms with Crippen molar-refractivity contribution in [3.8, 4) is 0 Å². The van der Waals surface area contributed by atoms with Gasteiger partial charge >= 0.3 is 5.69 Å². The smallest absolute Gasteiger partial charge is 0.333 e. The van der Waals surface area contributed by atoms with Gasteiger partial charge in [0.2, 0.25) is 5.82 Å². The molecule has 0 spiro atoms. The molecule has 2 N–H and O–H groups in total. The first kappa shape index (κ1) is 11.8. The van der Waals surface area contributed by atoms with Crippen LogP contribution in [0.25, 0.3) is 0 Å². The highest BCUT2D eigenvalue weighted by Crippen LogP contribution is 2.32. The van der Waals surface area contributed by atoms with E-state index >= 15 is 0 Å². The van der Waals surface area contributed by atoms with Gasteiger partial charge in [0, 0.05) is 12.6 Å². The Kier molecular flexibility index (Phi) is 3.01. The molecule has 17 heavy (non-hydrogen) atoms. The Bertz CT molecular complexity index is 437. The second-order valence-electron chi connectivity index (χ2n) is 4.32. The molecule has 94 valence electrons. The summed E-state index contributed by atoms with van der Waals surface area (Å²) in [6.07, 6.45) is 0.974. The van der Waals surface area contributed by atoms with Crippen molar-refractivity contribution in [1.29, 1.82) is 0 Å². The quantitative estimate of drug-likeness (QED) is 0.606. The van der Waals surface area contributed by atoms with Crippen molar-refractivity contribution in [2.45, 2.75) is 45.4 Å². The van der Waals surface area contributed by atoms with Crippen LogP contribution in [0, 0.1) is 17.0 Å². The molecule has 0 atom stereocenters. The third kappa shape index (κ3) is 2.10. The SMILES string of the molecule is CCn1nc(C)c([N+](=O)[O-])c1NC1CC(O)C1. The van der Waals surface area contributed by atoms with Crippen LogP contribution in [0.15, 0.2) is 0 Å². The first-order chi connectivity index (χ1) is 8.02. The van der Waals surface area contributed by atoms with Gasteiger partial charge in [-0.15, -0.1) is 0 Å². The Hall–Kier alpha value is -1.63. The highest BCUT2D eigenvalue weighted by atomic mass is 16.6. The van der Waals surface area contributed by atoms with Gasteiger partial charge in [-0.3, -0.25) is 10.1 Å². The van der Waals surface area contributed by atoms with E-state index in [-0.39, 0.29) is 17.8 Å². The lowest BCUT2D eigenvalue weighted by atomic mass is 9.89. The molecule has 1 saturated carbocycles. The maximum absolute atomic E-state index is 11.0. The summed E-state index contributed by atoms with van der Waals surface area (Å²) in [5, 5.41) is 27.4. The van der Waals surface area contributed by atoms with Crippen LogP contribution in [-0.4, -0.2) is 32.0 Å². The number of nitro groups is 1. The van der Waals surface area contributed by atoms with E-state index in [1.165, 1.54) is 0 Å². The predicted octanol–water partition coefficient (Wildman–Crippen LogP) is 1.05. The largest absolute Gasteiger partial charge is 0.393 e. The number of aliphatic hydroxyl groups is 1. The molecule has 1 heterocycles. The lowest BCUT2D eigenvalue weighted by molar-refractivity contribution is -0.384. The molecule has 0 aliphatic heterocycles. The average Bonchev–Trinajstić information content (AvgIpc) is 2.52. The van der Waals surface area contributed by atoms with Gasteiger partial charge in [0.1, 0.15) is 5.69 Å². The molecule has 7 nitrogen and oxygen atoms in total. The molecule has 0 amide bonds. The number of aromatic nitrogens is 2. The van der Waals surface area contributed by atoms with Crippen molar-refractivity contribution in [3.05, 3.63) is 15.8 Å². The standard InChI is InChI=1S/C10H16N4O3/c1-3-13-10(11-7-4-8(15)5-7)9(14(16)17)6(2)12-13/h7-8,11,15H,3-5H2,1-2H3. The Labute approximate surface area is 98.6 Å². The molecule has 0 radical (unpaired) electrons. The molecule has 1 aromatic rings. The fraction of sp³-hybridized carbons (Fsp3) is 0.700. The number of nitrogens with one attached hydrogen (secondary N) is 1. The third-order valence-corrected chi connectivity index (χ3v) is 3.03. The van der Waals surface area contributed by atoms with E-state index < -0.39 is 4.92 Å². The normalized spacial score (nSPS) is 23.2. The monoisotopic (exact) mass is 240 g/mol. The minimum absolute atomic E-state index is 0.0354. The van der Waals surface area contributed by atoms with Crippen LogP contribution >= 0.6 is 0 Å². The van der Waals surface area contributed by atoms with Crippen molar-refractivity contribution in [3.63, 3.8) is 0 Å². The predicted molar refractivity (Wildman–Crippen MR) is 61.9 cm³/mol. The summed E-state index contributed by atoms with van der Waals surface area (Å²) >= 11 is 0. The third-order valence-electron chi connectivity index (χ3n) is 3.03. The molecule has 0 saturated heterocycles. The summed E-state index contributed by atoms with van der Waals surface area (Å²) in [7, 11) is 0. The number of hydrogen-bond donors (Lipinski definition) is 2. The number of hydrogen-bond acceptors (Lipinski definition) is 5. The summed E-state index contributed by atoms with van der Waals surface area (Å²) in [5.74, 6) is 0.451. The molecule has 0 unspecified atom stereocenters. The van der Waals surface area contributed by atoms with Crippen molar-refractivity contribution < 1.29 is 10.0 Å². The molecule has 1 aliphatic carbocycles. The van der Waals surface area contributed by atoms with E-state index in [1.807, 2.05) is 6.92 Å². The van der Waals surface area contributed by atoms with Gasteiger partial charge < -0.3 is 10.4 Å². The summed E-state index contributed by atoms with van der Waals surface area (Å²) in [6, 6.07) is 0.102. The van der Waals surface area contributed by atoms with Gasteiger partial charge in [-0.05, 0) is 26.7 Å². The van der Waals surface area contributed by atoms with Gasteiger partial charge in [-0.25, -0.2) is 4.68 Å². The number of aryl methyl sites for hydroxylation is 2. The van der Waals surface area contributed by atoms with Gasteiger partial charge in [0.25, 0.3) is 0 Å². The van der Waals surface area contributed by atoms with Gasteiger partial charge in [-0.2, -0.15) is 5.10 Å². The van der Waals surface area contributed by atoms with Gasteiger partial charge in [0.05, 0.1) is 11.0 Å². The van der Waals surface area contributed by atoms with E-state index in [4.69, 9.17) is 0 Å². The van der Waals surface area contributed by atoms with Crippen LogP contribution in [0.4, 0.5) is 11.5 Å². The maximum atomic E-state index is 11.0. The molecule has 0 aromatic carbocycles. The molecule has 1 aromatic heterocycles. The molecule has 7 heteroatoms. The van der Waals surface area contributed by atoms with Crippen LogP contribution < -0.4 is 5.32 Å². The Morgan fingerprint density at radius 3 is 2.76 bits per heavy atom.